The van der Waals surface area contributed by atoms with Crippen molar-refractivity contribution in [3.05, 3.63) is 29.8 Å². The minimum Gasteiger partial charge on any atom is -0.508 e. The van der Waals surface area contributed by atoms with Gasteiger partial charge in [-0.25, -0.2) is 0 Å². The summed E-state index contributed by atoms with van der Waals surface area (Å²) in [4.78, 5) is 10.1. The standard InChI is InChI=1S/C8H11NO.C6H13NO2/c9-6-5-7-1-3-8(10)4-2-7;1-4(2)3-5(7)6(8)9/h1-4,10H,5-6,9H2;4-5H,3,7H2,1-2H3,(H,8,9)/t;5-/m.0/s1. The molecule has 1 atom stereocenters. The van der Waals surface area contributed by atoms with Gasteiger partial charge in [0.1, 0.15) is 11.8 Å². The van der Waals surface area contributed by atoms with Gasteiger partial charge in [0.15, 0.2) is 0 Å². The molecule has 19 heavy (non-hydrogen) atoms. The molecular formula is C14H24N2O3. The fourth-order valence-corrected chi connectivity index (χ4v) is 1.44. The summed E-state index contributed by atoms with van der Waals surface area (Å²) in [5, 5.41) is 17.2. The van der Waals surface area contributed by atoms with Crippen LogP contribution in [-0.4, -0.2) is 28.8 Å². The van der Waals surface area contributed by atoms with E-state index in [2.05, 4.69) is 0 Å². The lowest BCUT2D eigenvalue weighted by Gasteiger charge is -2.07. The summed E-state index contributed by atoms with van der Waals surface area (Å²) < 4.78 is 0. The lowest BCUT2D eigenvalue weighted by Crippen LogP contribution is -2.31. The van der Waals surface area contributed by atoms with Crippen molar-refractivity contribution in [2.75, 3.05) is 6.54 Å². The van der Waals surface area contributed by atoms with E-state index in [-0.39, 0.29) is 0 Å². The molecule has 5 nitrogen and oxygen atoms in total. The fourth-order valence-electron chi connectivity index (χ4n) is 1.44. The van der Waals surface area contributed by atoms with Crippen molar-refractivity contribution in [2.45, 2.75) is 32.7 Å². The molecule has 0 fully saturated rings. The molecule has 0 heterocycles. The molecule has 0 saturated heterocycles. The first-order valence-electron chi connectivity index (χ1n) is 6.33. The largest absolute Gasteiger partial charge is 0.508 e. The van der Waals surface area contributed by atoms with Crippen LogP contribution in [0.1, 0.15) is 25.8 Å². The summed E-state index contributed by atoms with van der Waals surface area (Å²) in [5.41, 5.74) is 11.7. The number of aliphatic carboxylic acids is 1. The summed E-state index contributed by atoms with van der Waals surface area (Å²) in [6.45, 7) is 4.55. The van der Waals surface area contributed by atoms with Crippen molar-refractivity contribution in [1.82, 2.24) is 0 Å². The fraction of sp³-hybridized carbons (Fsp3) is 0.500. The Hall–Kier alpha value is -1.59. The van der Waals surface area contributed by atoms with Crippen LogP contribution in [0.4, 0.5) is 0 Å². The number of carboxylic acid groups (broad SMARTS) is 1. The van der Waals surface area contributed by atoms with Gasteiger partial charge in [0.05, 0.1) is 0 Å². The highest BCUT2D eigenvalue weighted by Gasteiger charge is 2.11. The van der Waals surface area contributed by atoms with Crippen molar-refractivity contribution < 1.29 is 15.0 Å². The number of nitrogens with two attached hydrogens (primary N) is 2. The van der Waals surface area contributed by atoms with Crippen LogP contribution in [0, 0.1) is 5.92 Å². The van der Waals surface area contributed by atoms with Crippen LogP contribution in [0.3, 0.4) is 0 Å². The summed E-state index contributed by atoms with van der Waals surface area (Å²) in [6.07, 6.45) is 1.43. The van der Waals surface area contributed by atoms with Crippen LogP contribution in [0.25, 0.3) is 0 Å². The Morgan fingerprint density at radius 1 is 1.26 bits per heavy atom. The van der Waals surface area contributed by atoms with E-state index < -0.39 is 12.0 Å². The first-order chi connectivity index (χ1) is 8.86. The maximum Gasteiger partial charge on any atom is 0.320 e. The van der Waals surface area contributed by atoms with Crippen LogP contribution < -0.4 is 11.5 Å². The molecule has 1 aromatic carbocycles. The van der Waals surface area contributed by atoms with E-state index >= 15 is 0 Å². The van der Waals surface area contributed by atoms with Gasteiger partial charge < -0.3 is 21.7 Å². The molecule has 5 heteroatoms. The number of phenolic OH excluding ortho intramolecular Hbond substituents is 1. The Kier molecular flexibility index (Phi) is 8.57. The minimum atomic E-state index is -0.913. The first kappa shape index (κ1) is 17.4. The molecule has 1 rings (SSSR count). The molecule has 0 aliphatic heterocycles. The van der Waals surface area contributed by atoms with Crippen molar-refractivity contribution in [3.63, 3.8) is 0 Å². The number of hydrogen-bond donors (Lipinski definition) is 4. The van der Waals surface area contributed by atoms with Gasteiger partial charge in [-0.15, -0.1) is 0 Å². The summed E-state index contributed by atoms with van der Waals surface area (Å²) >= 11 is 0. The lowest BCUT2D eigenvalue weighted by molar-refractivity contribution is -0.138. The molecule has 0 amide bonds. The Labute approximate surface area is 114 Å². The van der Waals surface area contributed by atoms with Crippen LogP contribution >= 0.6 is 0 Å². The first-order valence-corrected chi connectivity index (χ1v) is 6.33. The van der Waals surface area contributed by atoms with E-state index in [0.717, 1.165) is 6.42 Å². The second kappa shape index (κ2) is 9.35. The molecule has 0 aliphatic carbocycles. The SMILES string of the molecule is CC(C)C[C@H](N)C(=O)O.NCCc1ccc(O)cc1. The molecule has 1 aromatic rings. The van der Waals surface area contributed by atoms with Crippen molar-refractivity contribution in [3.8, 4) is 5.75 Å². The molecule has 0 aliphatic rings. The average Bonchev–Trinajstić information content (AvgIpc) is 2.32. The molecule has 0 saturated carbocycles. The number of rotatable bonds is 5. The van der Waals surface area contributed by atoms with E-state index in [1.807, 2.05) is 26.0 Å². The van der Waals surface area contributed by atoms with Crippen LogP contribution in [0.5, 0.6) is 5.75 Å². The highest BCUT2D eigenvalue weighted by molar-refractivity contribution is 5.72. The monoisotopic (exact) mass is 268 g/mol. The molecule has 0 unspecified atom stereocenters. The second-order valence-corrected chi connectivity index (χ2v) is 4.78. The van der Waals surface area contributed by atoms with E-state index in [1.165, 1.54) is 5.56 Å². The Bertz CT molecular complexity index is 363. The molecule has 0 bridgehead atoms. The Balaban J connectivity index is 0.000000344. The van der Waals surface area contributed by atoms with Gasteiger partial charge in [-0.1, -0.05) is 26.0 Å². The third kappa shape index (κ3) is 9.04. The maximum atomic E-state index is 10.1. The van der Waals surface area contributed by atoms with Gasteiger partial charge in [0.25, 0.3) is 0 Å². The number of carbonyl (C=O) groups is 1. The lowest BCUT2D eigenvalue weighted by atomic mass is 10.1. The minimum absolute atomic E-state index is 0.306. The van der Waals surface area contributed by atoms with Gasteiger partial charge in [0, 0.05) is 0 Å². The van der Waals surface area contributed by atoms with Gasteiger partial charge in [-0.3, -0.25) is 4.79 Å². The van der Waals surface area contributed by atoms with E-state index in [1.54, 1.807) is 12.1 Å². The number of hydrogen-bond acceptors (Lipinski definition) is 4. The third-order valence-electron chi connectivity index (χ3n) is 2.41. The van der Waals surface area contributed by atoms with E-state index in [9.17, 15) is 4.79 Å². The van der Waals surface area contributed by atoms with Gasteiger partial charge in [-0.05, 0) is 43.0 Å². The summed E-state index contributed by atoms with van der Waals surface area (Å²) in [7, 11) is 0. The third-order valence-corrected chi connectivity index (χ3v) is 2.41. The zero-order chi connectivity index (χ0) is 14.8. The van der Waals surface area contributed by atoms with Crippen molar-refractivity contribution >= 4 is 5.97 Å². The van der Waals surface area contributed by atoms with Crippen LogP contribution in [-0.2, 0) is 11.2 Å². The predicted molar refractivity (Wildman–Crippen MR) is 75.9 cm³/mol. The quantitative estimate of drug-likeness (QED) is 0.644. The summed E-state index contributed by atoms with van der Waals surface area (Å²) in [6, 6.07) is 6.41. The molecule has 0 aromatic heterocycles. The number of carboxylic acids is 1. The highest BCUT2D eigenvalue weighted by Crippen LogP contribution is 2.09. The van der Waals surface area contributed by atoms with E-state index in [4.69, 9.17) is 21.7 Å². The predicted octanol–water partition coefficient (Wildman–Crippen LogP) is 1.34. The second-order valence-electron chi connectivity index (χ2n) is 4.78. The van der Waals surface area contributed by atoms with Gasteiger partial charge in [-0.2, -0.15) is 0 Å². The topological polar surface area (TPSA) is 110 Å². The number of aromatic hydroxyl groups is 1. The van der Waals surface area contributed by atoms with Gasteiger partial charge in [0.2, 0.25) is 0 Å². The van der Waals surface area contributed by atoms with E-state index in [0.29, 0.717) is 24.6 Å². The number of phenols is 1. The van der Waals surface area contributed by atoms with Crippen molar-refractivity contribution in [2.24, 2.45) is 17.4 Å². The zero-order valence-electron chi connectivity index (χ0n) is 11.5. The average molecular weight is 268 g/mol. The molecular weight excluding hydrogens is 244 g/mol. The molecule has 0 spiro atoms. The maximum absolute atomic E-state index is 10.1. The molecule has 0 radical (unpaired) electrons. The summed E-state index contributed by atoms with van der Waals surface area (Å²) in [5.74, 6) is -0.249. The molecule has 6 N–H and O–H groups in total. The van der Waals surface area contributed by atoms with Crippen LogP contribution in [0.15, 0.2) is 24.3 Å². The van der Waals surface area contributed by atoms with Gasteiger partial charge >= 0.3 is 5.97 Å². The smallest absolute Gasteiger partial charge is 0.320 e. The van der Waals surface area contributed by atoms with Crippen molar-refractivity contribution in [1.29, 1.82) is 0 Å². The normalized spacial score (nSPS) is 11.6. The molecule has 108 valence electrons. The zero-order valence-corrected chi connectivity index (χ0v) is 11.5. The van der Waals surface area contributed by atoms with Crippen LogP contribution in [0.2, 0.25) is 0 Å². The Morgan fingerprint density at radius 2 is 1.79 bits per heavy atom. The number of benzene rings is 1. The highest BCUT2D eigenvalue weighted by atomic mass is 16.4. The Morgan fingerprint density at radius 3 is 2.11 bits per heavy atom.